The van der Waals surface area contributed by atoms with Gasteiger partial charge in [0.05, 0.1) is 0 Å². The summed E-state index contributed by atoms with van der Waals surface area (Å²) in [5, 5.41) is 0. The van der Waals surface area contributed by atoms with E-state index in [1.54, 1.807) is 12.2 Å². The van der Waals surface area contributed by atoms with Crippen molar-refractivity contribution >= 4 is 31.9 Å². The van der Waals surface area contributed by atoms with Gasteiger partial charge in [-0.15, -0.1) is 0 Å². The summed E-state index contributed by atoms with van der Waals surface area (Å²) >= 11 is 6.49. The highest BCUT2D eigenvalue weighted by Crippen LogP contribution is 2.18. The molecule has 0 aromatic heterocycles. The van der Waals surface area contributed by atoms with Crippen LogP contribution in [0.25, 0.3) is 0 Å². The molecule has 0 spiro atoms. The second kappa shape index (κ2) is 4.10. The second-order valence-electron chi connectivity index (χ2n) is 1.10. The lowest BCUT2D eigenvalue weighted by Gasteiger charge is -1.87. The van der Waals surface area contributed by atoms with Crippen LogP contribution in [-0.4, -0.2) is 0 Å². The van der Waals surface area contributed by atoms with Crippen molar-refractivity contribution < 1.29 is 0 Å². The van der Waals surface area contributed by atoms with Crippen molar-refractivity contribution in [1.29, 1.82) is 0 Å². The highest BCUT2D eigenvalue weighted by Gasteiger charge is 1.87. The van der Waals surface area contributed by atoms with Gasteiger partial charge in [0.2, 0.25) is 0 Å². The Morgan fingerprint density at radius 1 is 1.00 bits per heavy atom. The third-order valence-corrected chi connectivity index (χ3v) is 2.62. The number of allylic oxidation sites excluding steroid dienone is 4. The topological polar surface area (TPSA) is 0 Å². The Morgan fingerprint density at radius 3 is 1.38 bits per heavy atom. The van der Waals surface area contributed by atoms with Gasteiger partial charge in [0.25, 0.3) is 0 Å². The van der Waals surface area contributed by atoms with Gasteiger partial charge in [-0.1, -0.05) is 25.3 Å². The van der Waals surface area contributed by atoms with E-state index in [1.165, 1.54) is 0 Å². The van der Waals surface area contributed by atoms with Crippen LogP contribution >= 0.6 is 31.9 Å². The van der Waals surface area contributed by atoms with Crippen molar-refractivity contribution in [2.75, 3.05) is 0 Å². The largest absolute Gasteiger partial charge is 0.0979 e. The van der Waals surface area contributed by atoms with E-state index in [2.05, 4.69) is 45.0 Å². The summed E-state index contributed by atoms with van der Waals surface area (Å²) in [6, 6.07) is 0. The molecule has 0 saturated carbocycles. The van der Waals surface area contributed by atoms with Crippen LogP contribution in [0, 0.1) is 0 Å². The molecule has 0 bridgehead atoms. The van der Waals surface area contributed by atoms with E-state index in [0.717, 1.165) is 8.96 Å². The van der Waals surface area contributed by atoms with Crippen LogP contribution in [0.1, 0.15) is 0 Å². The molecule has 0 aromatic carbocycles. The van der Waals surface area contributed by atoms with Crippen LogP contribution in [-0.2, 0) is 0 Å². The zero-order valence-corrected chi connectivity index (χ0v) is 7.50. The predicted octanol–water partition coefficient (Wildman–Crippen LogP) is 3.36. The Labute approximate surface area is 66.2 Å². The fraction of sp³-hybridized carbons (Fsp3) is 0. The highest BCUT2D eigenvalue weighted by atomic mass is 79.9. The second-order valence-corrected chi connectivity index (χ2v) is 2.81. The van der Waals surface area contributed by atoms with Crippen LogP contribution in [0.2, 0.25) is 0 Å². The number of hydrogen-bond acceptors (Lipinski definition) is 0. The fourth-order valence-electron chi connectivity index (χ4n) is 0.195. The maximum atomic E-state index is 3.55. The van der Waals surface area contributed by atoms with Gasteiger partial charge < -0.3 is 0 Å². The van der Waals surface area contributed by atoms with E-state index < -0.39 is 0 Å². The first-order valence-electron chi connectivity index (χ1n) is 2.02. The van der Waals surface area contributed by atoms with E-state index >= 15 is 0 Å². The molecular weight excluding hydrogens is 232 g/mol. The molecule has 0 unspecified atom stereocenters. The van der Waals surface area contributed by atoms with Crippen molar-refractivity contribution in [2.24, 2.45) is 0 Å². The average Bonchev–Trinajstić information content (AvgIpc) is 1.84. The lowest BCUT2D eigenvalue weighted by Crippen LogP contribution is -1.62. The Morgan fingerprint density at radius 2 is 1.25 bits per heavy atom. The molecule has 2 heteroatoms. The van der Waals surface area contributed by atoms with E-state index in [0.29, 0.717) is 0 Å². The van der Waals surface area contributed by atoms with Crippen LogP contribution in [0.5, 0.6) is 0 Å². The van der Waals surface area contributed by atoms with Crippen molar-refractivity contribution in [3.8, 4) is 0 Å². The summed E-state index contributed by atoms with van der Waals surface area (Å²) in [7, 11) is 0. The maximum Gasteiger partial charge on any atom is 0.0311 e. The molecule has 0 N–H and O–H groups in total. The molecule has 0 nitrogen and oxygen atoms in total. The lowest BCUT2D eigenvalue weighted by molar-refractivity contribution is 1.90. The Kier molecular flexibility index (Phi) is 4.19. The SMILES string of the molecule is C=C/C(Br)=C(/Br)C=C. The zero-order valence-electron chi connectivity index (χ0n) is 4.32. The minimum Gasteiger partial charge on any atom is -0.0979 e. The molecule has 0 saturated heterocycles. The minimum atomic E-state index is 0.924. The van der Waals surface area contributed by atoms with Crippen LogP contribution in [0.15, 0.2) is 34.3 Å². The van der Waals surface area contributed by atoms with Crippen molar-refractivity contribution in [1.82, 2.24) is 0 Å². The summed E-state index contributed by atoms with van der Waals surface area (Å²) in [6.07, 6.45) is 3.40. The van der Waals surface area contributed by atoms with Crippen LogP contribution in [0.4, 0.5) is 0 Å². The Balaban J connectivity index is 4.25. The molecule has 0 aliphatic carbocycles. The van der Waals surface area contributed by atoms with Gasteiger partial charge in [0.15, 0.2) is 0 Å². The van der Waals surface area contributed by atoms with E-state index in [1.807, 2.05) is 0 Å². The van der Waals surface area contributed by atoms with E-state index in [-0.39, 0.29) is 0 Å². The molecule has 0 aliphatic rings. The van der Waals surface area contributed by atoms with Gasteiger partial charge in [-0.3, -0.25) is 0 Å². The highest BCUT2D eigenvalue weighted by molar-refractivity contribution is 9.14. The molecule has 0 rings (SSSR count). The molecule has 0 amide bonds. The first-order chi connectivity index (χ1) is 3.72. The standard InChI is InChI=1S/C6H6Br2/c1-3-5(7)6(8)4-2/h3-4H,1-2H2/b6-5-. The molecule has 0 atom stereocenters. The van der Waals surface area contributed by atoms with Gasteiger partial charge in [-0.25, -0.2) is 0 Å². The average molecular weight is 238 g/mol. The molecule has 0 aliphatic heterocycles. The molecular formula is C6H6Br2. The van der Waals surface area contributed by atoms with Crippen molar-refractivity contribution in [2.45, 2.75) is 0 Å². The smallest absolute Gasteiger partial charge is 0.0311 e. The lowest BCUT2D eigenvalue weighted by atomic mass is 10.5. The third-order valence-electron chi connectivity index (χ3n) is 0.587. The van der Waals surface area contributed by atoms with Crippen LogP contribution < -0.4 is 0 Å². The number of rotatable bonds is 2. The minimum absolute atomic E-state index is 0.924. The van der Waals surface area contributed by atoms with Crippen molar-refractivity contribution in [3.63, 3.8) is 0 Å². The third kappa shape index (κ3) is 2.48. The van der Waals surface area contributed by atoms with Crippen LogP contribution in [0.3, 0.4) is 0 Å². The van der Waals surface area contributed by atoms with E-state index in [9.17, 15) is 0 Å². The number of halogens is 2. The van der Waals surface area contributed by atoms with Gasteiger partial charge in [0, 0.05) is 8.96 Å². The van der Waals surface area contributed by atoms with Gasteiger partial charge >= 0.3 is 0 Å². The zero-order chi connectivity index (χ0) is 6.57. The molecule has 44 valence electrons. The fourth-order valence-corrected chi connectivity index (χ4v) is 0.519. The first kappa shape index (κ1) is 8.18. The summed E-state index contributed by atoms with van der Waals surface area (Å²) in [5.41, 5.74) is 0. The van der Waals surface area contributed by atoms with Gasteiger partial charge in [0.1, 0.15) is 0 Å². The quantitative estimate of drug-likeness (QED) is 0.647. The summed E-state index contributed by atoms with van der Waals surface area (Å²) in [6.45, 7) is 7.09. The van der Waals surface area contributed by atoms with Crippen molar-refractivity contribution in [3.05, 3.63) is 34.3 Å². The Hall–Kier alpha value is 0.180. The maximum absolute atomic E-state index is 3.55. The Bertz CT molecular complexity index is 117. The predicted molar refractivity (Wildman–Crippen MR) is 45.3 cm³/mol. The number of hydrogen-bond donors (Lipinski definition) is 0. The first-order valence-corrected chi connectivity index (χ1v) is 3.61. The summed E-state index contributed by atoms with van der Waals surface area (Å²) < 4.78 is 1.85. The van der Waals surface area contributed by atoms with E-state index in [4.69, 9.17) is 0 Å². The van der Waals surface area contributed by atoms with Gasteiger partial charge in [-0.05, 0) is 31.9 Å². The molecule has 0 fully saturated rings. The molecule has 8 heavy (non-hydrogen) atoms. The van der Waals surface area contributed by atoms with Gasteiger partial charge in [-0.2, -0.15) is 0 Å². The molecule has 0 radical (unpaired) electrons. The monoisotopic (exact) mass is 236 g/mol. The normalized spacial score (nSPS) is 12.2. The summed E-state index contributed by atoms with van der Waals surface area (Å²) in [5.74, 6) is 0. The summed E-state index contributed by atoms with van der Waals surface area (Å²) in [4.78, 5) is 0. The molecule has 0 aromatic rings. The molecule has 0 heterocycles.